The van der Waals surface area contributed by atoms with Crippen LogP contribution in [0.4, 0.5) is 4.79 Å². The lowest BCUT2D eigenvalue weighted by Crippen LogP contribution is -2.46. The number of sulfonamides is 1. The summed E-state index contributed by atoms with van der Waals surface area (Å²) in [5.74, 6) is 0.0695. The minimum Gasteiger partial charge on any atom is -0.454 e. The molecule has 0 bridgehead atoms. The molecule has 2 aliphatic heterocycles. The van der Waals surface area contributed by atoms with Crippen molar-refractivity contribution in [2.45, 2.75) is 49.8 Å². The van der Waals surface area contributed by atoms with Crippen molar-refractivity contribution in [2.75, 3.05) is 13.3 Å². The molecule has 1 fully saturated rings. The first-order chi connectivity index (χ1) is 13.0. The van der Waals surface area contributed by atoms with Crippen molar-refractivity contribution in [3.63, 3.8) is 0 Å². The second kappa shape index (κ2) is 7.13. The lowest BCUT2D eigenvalue weighted by molar-refractivity contribution is -0.122. The smallest absolute Gasteiger partial charge is 0.411 e. The largest absolute Gasteiger partial charge is 0.454 e. The van der Waals surface area contributed by atoms with Crippen molar-refractivity contribution < 1.29 is 32.2 Å². The number of rotatable bonds is 4. The molecule has 11 heteroatoms. The monoisotopic (exact) mass is 413 g/mol. The number of benzene rings is 1. The van der Waals surface area contributed by atoms with Gasteiger partial charge in [-0.2, -0.15) is 0 Å². The number of ether oxygens (including phenoxy) is 3. The number of nitrogens with one attached hydrogen (secondary N) is 1. The number of fused-ring (bicyclic) bond motifs is 1. The summed E-state index contributed by atoms with van der Waals surface area (Å²) in [5, 5.41) is 0. The maximum Gasteiger partial charge on any atom is 0.411 e. The minimum atomic E-state index is -3.92. The molecule has 2 amide bonds. The van der Waals surface area contributed by atoms with Gasteiger partial charge in [0, 0.05) is 18.7 Å². The summed E-state index contributed by atoms with van der Waals surface area (Å²) in [5.41, 5.74) is 4.63. The molecular weight excluding hydrogens is 390 g/mol. The highest BCUT2D eigenvalue weighted by Gasteiger charge is 2.42. The molecule has 0 aliphatic carbocycles. The van der Waals surface area contributed by atoms with E-state index < -0.39 is 39.7 Å². The predicted molar refractivity (Wildman–Crippen MR) is 97.2 cm³/mol. The Kier molecular flexibility index (Phi) is 5.15. The first-order valence-corrected chi connectivity index (χ1v) is 10.2. The second-order valence-electron chi connectivity index (χ2n) is 7.62. The molecule has 154 valence electrons. The lowest BCUT2D eigenvalue weighted by atomic mass is 10.2. The summed E-state index contributed by atoms with van der Waals surface area (Å²) < 4.78 is 43.6. The van der Waals surface area contributed by atoms with Crippen molar-refractivity contribution in [2.24, 2.45) is 5.73 Å². The van der Waals surface area contributed by atoms with E-state index in [0.29, 0.717) is 11.5 Å². The van der Waals surface area contributed by atoms with Crippen LogP contribution in [0.25, 0.3) is 0 Å². The highest BCUT2D eigenvalue weighted by atomic mass is 32.2. The number of primary amides is 1. The number of carbonyl (C=O) groups excluding carboxylic acids is 2. The van der Waals surface area contributed by atoms with E-state index in [-0.39, 0.29) is 24.7 Å². The highest BCUT2D eigenvalue weighted by molar-refractivity contribution is 7.89. The van der Waals surface area contributed by atoms with Gasteiger partial charge in [-0.05, 0) is 39.3 Å². The zero-order valence-corrected chi connectivity index (χ0v) is 16.6. The Hall–Kier alpha value is -2.53. The molecule has 0 unspecified atom stereocenters. The van der Waals surface area contributed by atoms with E-state index in [2.05, 4.69) is 4.72 Å². The molecule has 0 spiro atoms. The first-order valence-electron chi connectivity index (χ1n) is 8.67. The van der Waals surface area contributed by atoms with E-state index >= 15 is 0 Å². The molecular formula is C17H23N3O7S. The number of nitrogens with two attached hydrogens (primary N) is 1. The van der Waals surface area contributed by atoms with Crippen LogP contribution in [0, 0.1) is 0 Å². The molecule has 3 rings (SSSR count). The number of carbonyl (C=O) groups is 2. The number of hydrogen-bond acceptors (Lipinski definition) is 7. The van der Waals surface area contributed by atoms with Gasteiger partial charge in [-0.25, -0.2) is 17.9 Å². The quantitative estimate of drug-likeness (QED) is 0.735. The molecule has 10 nitrogen and oxygen atoms in total. The fourth-order valence-electron chi connectivity index (χ4n) is 3.04. The number of hydrogen-bond donors (Lipinski definition) is 2. The SMILES string of the molecule is CC(C)(C)OC(=O)N1C[C@H](NS(=O)(=O)c2ccc3c(c2)OCO3)C[C@H]1C(N)=O. The number of amides is 2. The maximum atomic E-state index is 12.7. The molecule has 2 aliphatic rings. The zero-order chi connectivity index (χ0) is 20.7. The Morgan fingerprint density at radius 2 is 1.93 bits per heavy atom. The van der Waals surface area contributed by atoms with Crippen LogP contribution < -0.4 is 19.9 Å². The van der Waals surface area contributed by atoms with Gasteiger partial charge < -0.3 is 19.9 Å². The fraction of sp³-hybridized carbons (Fsp3) is 0.529. The van der Waals surface area contributed by atoms with Crippen LogP contribution >= 0.6 is 0 Å². The Labute approximate surface area is 163 Å². The van der Waals surface area contributed by atoms with Crippen molar-refractivity contribution in [3.05, 3.63) is 18.2 Å². The van der Waals surface area contributed by atoms with Gasteiger partial charge in [0.15, 0.2) is 11.5 Å². The van der Waals surface area contributed by atoms with Crippen molar-refractivity contribution in [1.29, 1.82) is 0 Å². The molecule has 1 aromatic rings. The van der Waals surface area contributed by atoms with E-state index in [0.717, 1.165) is 4.90 Å². The van der Waals surface area contributed by atoms with E-state index in [1.807, 2.05) is 0 Å². The second-order valence-corrected chi connectivity index (χ2v) is 9.33. The van der Waals surface area contributed by atoms with Crippen LogP contribution in [-0.4, -0.2) is 56.3 Å². The first kappa shape index (κ1) is 20.2. The van der Waals surface area contributed by atoms with Gasteiger partial charge in [-0.15, -0.1) is 0 Å². The van der Waals surface area contributed by atoms with Crippen molar-refractivity contribution >= 4 is 22.0 Å². The Balaban J connectivity index is 1.75. The molecule has 28 heavy (non-hydrogen) atoms. The lowest BCUT2D eigenvalue weighted by Gasteiger charge is -2.27. The number of likely N-dealkylation sites (tertiary alicyclic amines) is 1. The van der Waals surface area contributed by atoms with Crippen LogP contribution in [0.3, 0.4) is 0 Å². The van der Waals surface area contributed by atoms with Gasteiger partial charge in [0.05, 0.1) is 4.90 Å². The van der Waals surface area contributed by atoms with Crippen LogP contribution in [0.5, 0.6) is 11.5 Å². The van der Waals surface area contributed by atoms with Crippen LogP contribution in [0.1, 0.15) is 27.2 Å². The van der Waals surface area contributed by atoms with Gasteiger partial charge in [-0.3, -0.25) is 9.69 Å². The van der Waals surface area contributed by atoms with Crippen molar-refractivity contribution in [3.8, 4) is 11.5 Å². The fourth-order valence-corrected chi connectivity index (χ4v) is 4.30. The van der Waals surface area contributed by atoms with Gasteiger partial charge >= 0.3 is 6.09 Å². The maximum absolute atomic E-state index is 12.7. The van der Waals surface area contributed by atoms with E-state index in [4.69, 9.17) is 19.9 Å². The molecule has 0 saturated carbocycles. The topological polar surface area (TPSA) is 137 Å². The zero-order valence-electron chi connectivity index (χ0n) is 15.8. The minimum absolute atomic E-state index is 0.0110. The van der Waals surface area contributed by atoms with Gasteiger partial charge in [-0.1, -0.05) is 0 Å². The average Bonchev–Trinajstić information content (AvgIpc) is 3.18. The van der Waals surface area contributed by atoms with Crippen molar-refractivity contribution in [1.82, 2.24) is 9.62 Å². The van der Waals surface area contributed by atoms with E-state index in [9.17, 15) is 18.0 Å². The molecule has 1 aromatic carbocycles. The van der Waals surface area contributed by atoms with E-state index in [1.165, 1.54) is 18.2 Å². The van der Waals surface area contributed by atoms with Crippen LogP contribution in [0.2, 0.25) is 0 Å². The Bertz CT molecular complexity index is 895. The van der Waals surface area contributed by atoms with Crippen LogP contribution in [0.15, 0.2) is 23.1 Å². The molecule has 2 atom stereocenters. The van der Waals surface area contributed by atoms with E-state index in [1.54, 1.807) is 20.8 Å². The summed E-state index contributed by atoms with van der Waals surface area (Å²) in [4.78, 5) is 25.3. The standard InChI is InChI=1S/C17H23N3O7S/c1-17(2,3)27-16(22)20-8-10(6-12(20)15(18)21)19-28(23,24)11-4-5-13-14(7-11)26-9-25-13/h4-5,7,10,12,19H,6,8-9H2,1-3H3,(H2,18,21)/t10-,12+/m1/s1. The summed E-state index contributed by atoms with van der Waals surface area (Å²) in [6.45, 7) is 5.08. The Morgan fingerprint density at radius 1 is 1.25 bits per heavy atom. The van der Waals surface area contributed by atoms with Gasteiger partial charge in [0.1, 0.15) is 11.6 Å². The summed E-state index contributed by atoms with van der Waals surface area (Å²) in [6.07, 6.45) is -0.667. The third-order valence-electron chi connectivity index (χ3n) is 4.23. The predicted octanol–water partition coefficient (Wildman–Crippen LogP) is 0.557. The third kappa shape index (κ3) is 4.30. The third-order valence-corrected chi connectivity index (χ3v) is 5.75. The molecule has 0 radical (unpaired) electrons. The summed E-state index contributed by atoms with van der Waals surface area (Å²) >= 11 is 0. The Morgan fingerprint density at radius 3 is 2.57 bits per heavy atom. The molecule has 0 aromatic heterocycles. The normalized spacial score (nSPS) is 21.6. The highest BCUT2D eigenvalue weighted by Crippen LogP contribution is 2.34. The summed E-state index contributed by atoms with van der Waals surface area (Å²) in [6, 6.07) is 2.60. The molecule has 1 saturated heterocycles. The number of nitrogens with zero attached hydrogens (tertiary/aromatic N) is 1. The molecule has 3 N–H and O–H groups in total. The average molecular weight is 413 g/mol. The summed E-state index contributed by atoms with van der Waals surface area (Å²) in [7, 11) is -3.92. The van der Waals surface area contributed by atoms with Gasteiger partial charge in [0.2, 0.25) is 22.7 Å². The molecule has 2 heterocycles. The van der Waals surface area contributed by atoms with Gasteiger partial charge in [0.25, 0.3) is 0 Å². The van der Waals surface area contributed by atoms with Crippen LogP contribution in [-0.2, 0) is 19.6 Å².